The molecule has 2 aromatic carbocycles. The van der Waals surface area contributed by atoms with E-state index in [1.54, 1.807) is 0 Å². The van der Waals surface area contributed by atoms with Gasteiger partial charge in [0.2, 0.25) is 0 Å². The maximum Gasteiger partial charge on any atom is 0.127 e. The van der Waals surface area contributed by atoms with Crippen LogP contribution >= 0.6 is 0 Å². The number of hydrogen-bond donors (Lipinski definition) is 1. The summed E-state index contributed by atoms with van der Waals surface area (Å²) in [6.07, 6.45) is 2.28. The third-order valence-corrected chi connectivity index (χ3v) is 3.23. The van der Waals surface area contributed by atoms with Gasteiger partial charge in [-0.3, -0.25) is 0 Å². The van der Waals surface area contributed by atoms with Crippen molar-refractivity contribution >= 4 is 0 Å². The average molecular weight is 255 g/mol. The minimum absolute atomic E-state index is 0.567. The second-order valence-corrected chi connectivity index (χ2v) is 4.79. The summed E-state index contributed by atoms with van der Waals surface area (Å²) >= 11 is 0. The SMILES string of the molecule is CCCc1ccc(Oc2ccc(CN)c(C)c2)cc1. The van der Waals surface area contributed by atoms with Gasteiger partial charge in [0.05, 0.1) is 0 Å². The van der Waals surface area contributed by atoms with Crippen LogP contribution in [0.1, 0.15) is 30.0 Å². The molecule has 0 radical (unpaired) electrons. The Kier molecular flexibility index (Phi) is 4.58. The van der Waals surface area contributed by atoms with Crippen LogP contribution in [0.2, 0.25) is 0 Å². The van der Waals surface area contributed by atoms with E-state index < -0.39 is 0 Å². The summed E-state index contributed by atoms with van der Waals surface area (Å²) in [6.45, 7) is 4.81. The molecule has 2 nitrogen and oxygen atoms in total. The summed E-state index contributed by atoms with van der Waals surface area (Å²) in [4.78, 5) is 0. The van der Waals surface area contributed by atoms with Gasteiger partial charge >= 0.3 is 0 Å². The lowest BCUT2D eigenvalue weighted by Gasteiger charge is -2.09. The molecule has 19 heavy (non-hydrogen) atoms. The molecule has 0 spiro atoms. The lowest BCUT2D eigenvalue weighted by molar-refractivity contribution is 0.482. The molecule has 0 aromatic heterocycles. The first-order valence-electron chi connectivity index (χ1n) is 6.79. The molecule has 2 rings (SSSR count). The van der Waals surface area contributed by atoms with Crippen molar-refractivity contribution in [3.05, 3.63) is 59.2 Å². The number of hydrogen-bond acceptors (Lipinski definition) is 2. The highest BCUT2D eigenvalue weighted by Crippen LogP contribution is 2.24. The molecular weight excluding hydrogens is 234 g/mol. The van der Waals surface area contributed by atoms with Crippen LogP contribution in [0.15, 0.2) is 42.5 Å². The summed E-state index contributed by atoms with van der Waals surface area (Å²) in [7, 11) is 0. The van der Waals surface area contributed by atoms with E-state index in [0.29, 0.717) is 6.54 Å². The summed E-state index contributed by atoms with van der Waals surface area (Å²) < 4.78 is 5.85. The molecule has 0 aliphatic rings. The normalized spacial score (nSPS) is 10.5. The number of benzene rings is 2. The lowest BCUT2D eigenvalue weighted by atomic mass is 10.1. The van der Waals surface area contributed by atoms with Crippen LogP contribution in [-0.2, 0) is 13.0 Å². The van der Waals surface area contributed by atoms with E-state index in [-0.39, 0.29) is 0 Å². The zero-order valence-electron chi connectivity index (χ0n) is 11.6. The fraction of sp³-hybridized carbons (Fsp3) is 0.294. The molecule has 0 amide bonds. The predicted octanol–water partition coefficient (Wildman–Crippen LogP) is 4.20. The monoisotopic (exact) mass is 255 g/mol. The summed E-state index contributed by atoms with van der Waals surface area (Å²) in [5.41, 5.74) is 9.34. The van der Waals surface area contributed by atoms with Crippen LogP contribution in [0, 0.1) is 6.92 Å². The standard InChI is InChI=1S/C17H21NO/c1-3-4-14-5-8-16(9-6-14)19-17-10-7-15(12-18)13(2)11-17/h5-11H,3-4,12,18H2,1-2H3. The first-order valence-corrected chi connectivity index (χ1v) is 6.79. The Labute approximate surface area is 115 Å². The van der Waals surface area contributed by atoms with Gasteiger partial charge in [0.1, 0.15) is 11.5 Å². The van der Waals surface area contributed by atoms with E-state index >= 15 is 0 Å². The Bertz CT molecular complexity index is 531. The van der Waals surface area contributed by atoms with Gasteiger partial charge in [-0.15, -0.1) is 0 Å². The molecular formula is C17H21NO. The van der Waals surface area contributed by atoms with Crippen molar-refractivity contribution in [3.8, 4) is 11.5 Å². The topological polar surface area (TPSA) is 35.2 Å². The molecule has 0 unspecified atom stereocenters. The summed E-state index contributed by atoms with van der Waals surface area (Å²) in [5, 5.41) is 0. The van der Waals surface area contributed by atoms with Gasteiger partial charge in [0.15, 0.2) is 0 Å². The maximum atomic E-state index is 5.85. The largest absolute Gasteiger partial charge is 0.457 e. The van der Waals surface area contributed by atoms with Crippen molar-refractivity contribution in [1.29, 1.82) is 0 Å². The number of nitrogens with two attached hydrogens (primary N) is 1. The number of rotatable bonds is 5. The van der Waals surface area contributed by atoms with Gasteiger partial charge in [0, 0.05) is 6.54 Å². The van der Waals surface area contributed by atoms with E-state index in [1.165, 1.54) is 17.5 Å². The van der Waals surface area contributed by atoms with Gasteiger partial charge in [-0.1, -0.05) is 31.5 Å². The van der Waals surface area contributed by atoms with Crippen molar-refractivity contribution in [1.82, 2.24) is 0 Å². The fourth-order valence-electron chi connectivity index (χ4n) is 2.11. The van der Waals surface area contributed by atoms with E-state index in [2.05, 4.69) is 26.0 Å². The Balaban J connectivity index is 2.10. The molecule has 2 heteroatoms. The zero-order chi connectivity index (χ0) is 13.7. The van der Waals surface area contributed by atoms with Crippen LogP contribution in [0.4, 0.5) is 0 Å². The van der Waals surface area contributed by atoms with Crippen LogP contribution in [0.5, 0.6) is 11.5 Å². The molecule has 100 valence electrons. The lowest BCUT2D eigenvalue weighted by Crippen LogP contribution is -1.98. The minimum Gasteiger partial charge on any atom is -0.457 e. The average Bonchev–Trinajstić information content (AvgIpc) is 2.42. The number of ether oxygens (including phenoxy) is 1. The Hall–Kier alpha value is -1.80. The number of aryl methyl sites for hydroxylation is 2. The van der Waals surface area contributed by atoms with Gasteiger partial charge in [-0.05, 0) is 54.3 Å². The first-order chi connectivity index (χ1) is 9.22. The van der Waals surface area contributed by atoms with Gasteiger partial charge in [0.25, 0.3) is 0 Å². The molecule has 0 saturated heterocycles. The molecule has 0 heterocycles. The Morgan fingerprint density at radius 1 is 1.00 bits per heavy atom. The summed E-state index contributed by atoms with van der Waals surface area (Å²) in [6, 6.07) is 14.3. The van der Waals surface area contributed by atoms with E-state index in [9.17, 15) is 0 Å². The highest BCUT2D eigenvalue weighted by Gasteiger charge is 2.01. The molecule has 0 atom stereocenters. The molecule has 0 fully saturated rings. The Morgan fingerprint density at radius 3 is 2.26 bits per heavy atom. The molecule has 0 bridgehead atoms. The van der Waals surface area contributed by atoms with Crippen molar-refractivity contribution in [2.24, 2.45) is 5.73 Å². The van der Waals surface area contributed by atoms with E-state index in [1.807, 2.05) is 30.3 Å². The van der Waals surface area contributed by atoms with Crippen molar-refractivity contribution < 1.29 is 4.74 Å². The van der Waals surface area contributed by atoms with Crippen LogP contribution in [-0.4, -0.2) is 0 Å². The second kappa shape index (κ2) is 6.39. The van der Waals surface area contributed by atoms with Crippen molar-refractivity contribution in [2.45, 2.75) is 33.2 Å². The quantitative estimate of drug-likeness (QED) is 0.869. The molecule has 0 saturated carbocycles. The minimum atomic E-state index is 0.567. The van der Waals surface area contributed by atoms with Crippen molar-refractivity contribution in [2.75, 3.05) is 0 Å². The molecule has 2 N–H and O–H groups in total. The molecule has 0 aliphatic carbocycles. The summed E-state index contributed by atoms with van der Waals surface area (Å²) in [5.74, 6) is 1.73. The van der Waals surface area contributed by atoms with Crippen LogP contribution in [0.25, 0.3) is 0 Å². The fourth-order valence-corrected chi connectivity index (χ4v) is 2.11. The highest BCUT2D eigenvalue weighted by molar-refractivity contribution is 5.38. The van der Waals surface area contributed by atoms with Crippen molar-refractivity contribution in [3.63, 3.8) is 0 Å². The maximum absolute atomic E-state index is 5.85. The first kappa shape index (κ1) is 13.6. The van der Waals surface area contributed by atoms with Crippen LogP contribution in [0.3, 0.4) is 0 Å². The third kappa shape index (κ3) is 3.58. The van der Waals surface area contributed by atoms with E-state index in [0.717, 1.165) is 23.5 Å². The van der Waals surface area contributed by atoms with Gasteiger partial charge < -0.3 is 10.5 Å². The molecule has 2 aromatic rings. The van der Waals surface area contributed by atoms with Gasteiger partial charge in [-0.25, -0.2) is 0 Å². The van der Waals surface area contributed by atoms with Gasteiger partial charge in [-0.2, -0.15) is 0 Å². The smallest absolute Gasteiger partial charge is 0.127 e. The predicted molar refractivity (Wildman–Crippen MR) is 79.6 cm³/mol. The molecule has 0 aliphatic heterocycles. The second-order valence-electron chi connectivity index (χ2n) is 4.79. The Morgan fingerprint density at radius 2 is 1.68 bits per heavy atom. The highest BCUT2D eigenvalue weighted by atomic mass is 16.5. The third-order valence-electron chi connectivity index (χ3n) is 3.23. The van der Waals surface area contributed by atoms with E-state index in [4.69, 9.17) is 10.5 Å². The van der Waals surface area contributed by atoms with Crippen LogP contribution < -0.4 is 10.5 Å². The zero-order valence-corrected chi connectivity index (χ0v) is 11.6.